The van der Waals surface area contributed by atoms with Crippen molar-refractivity contribution in [1.82, 2.24) is 30.1 Å². The number of pyridine rings is 1. The number of hydrogen-bond donors (Lipinski definition) is 2. The number of aliphatic hydroxyl groups excluding tert-OH is 1. The number of H-pyrrole nitrogens is 1. The number of aromatic nitrogens is 5. The molecule has 0 radical (unpaired) electrons. The smallest absolute Gasteiger partial charge is 0.252 e. The first-order valence-electron chi connectivity index (χ1n) is 11.4. The maximum atomic E-state index is 12.9. The lowest BCUT2D eigenvalue weighted by Gasteiger charge is -2.35. The monoisotopic (exact) mass is 440 g/mol. The van der Waals surface area contributed by atoms with Crippen molar-refractivity contribution in [2.75, 3.05) is 13.2 Å². The van der Waals surface area contributed by atoms with E-state index in [9.17, 15) is 9.90 Å². The van der Waals surface area contributed by atoms with Crippen molar-refractivity contribution in [3.05, 3.63) is 51.6 Å². The number of rotatable bonds is 9. The third kappa shape index (κ3) is 5.24. The Labute approximate surface area is 189 Å². The largest absolute Gasteiger partial charge is 0.396 e. The van der Waals surface area contributed by atoms with Gasteiger partial charge in [0.1, 0.15) is 0 Å². The lowest BCUT2D eigenvalue weighted by molar-refractivity contribution is 0.116. The molecule has 2 heterocycles. The van der Waals surface area contributed by atoms with E-state index in [1.807, 2.05) is 22.9 Å². The molecule has 0 unspecified atom stereocenters. The number of aromatic amines is 1. The fraction of sp³-hybridized carbons (Fsp3) is 0.583. The van der Waals surface area contributed by atoms with E-state index in [0.29, 0.717) is 25.1 Å². The summed E-state index contributed by atoms with van der Waals surface area (Å²) in [7, 11) is 0. The molecule has 2 N–H and O–H groups in total. The number of aryl methyl sites for hydroxylation is 1. The molecule has 1 aromatic carbocycles. The molecule has 0 saturated carbocycles. The maximum absolute atomic E-state index is 12.9. The zero-order valence-corrected chi connectivity index (χ0v) is 20.1. The molecule has 0 aliphatic rings. The summed E-state index contributed by atoms with van der Waals surface area (Å²) in [6.07, 6.45) is 1.55. The normalized spacial score (nSPS) is 13.4. The zero-order valence-electron chi connectivity index (χ0n) is 20.1. The molecule has 32 heavy (non-hydrogen) atoms. The van der Waals surface area contributed by atoms with Crippen LogP contribution in [0.1, 0.15) is 71.0 Å². The van der Waals surface area contributed by atoms with Crippen molar-refractivity contribution in [3.8, 4) is 0 Å². The highest BCUT2D eigenvalue weighted by atomic mass is 16.3. The first-order valence-corrected chi connectivity index (χ1v) is 11.4. The maximum Gasteiger partial charge on any atom is 0.252 e. The Morgan fingerprint density at radius 1 is 1.22 bits per heavy atom. The van der Waals surface area contributed by atoms with E-state index in [-0.39, 0.29) is 29.7 Å². The zero-order chi connectivity index (χ0) is 23.5. The molecule has 3 aromatic rings. The predicted octanol–water partition coefficient (Wildman–Crippen LogP) is 3.41. The highest BCUT2D eigenvalue weighted by Gasteiger charge is 2.32. The van der Waals surface area contributed by atoms with Crippen LogP contribution in [0.3, 0.4) is 0 Å². The van der Waals surface area contributed by atoms with E-state index in [4.69, 9.17) is 0 Å². The summed E-state index contributed by atoms with van der Waals surface area (Å²) in [6, 6.07) is 8.04. The molecule has 1 atom stereocenters. The van der Waals surface area contributed by atoms with E-state index in [2.05, 4.69) is 73.0 Å². The van der Waals surface area contributed by atoms with Gasteiger partial charge in [0.15, 0.2) is 5.82 Å². The van der Waals surface area contributed by atoms with Crippen molar-refractivity contribution in [1.29, 1.82) is 0 Å². The van der Waals surface area contributed by atoms with Gasteiger partial charge in [0.05, 0.1) is 11.6 Å². The molecule has 8 heteroatoms. The van der Waals surface area contributed by atoms with Crippen LogP contribution in [0.15, 0.2) is 29.1 Å². The Morgan fingerprint density at radius 2 is 1.97 bits per heavy atom. The second-order valence-electron chi connectivity index (χ2n) is 9.76. The summed E-state index contributed by atoms with van der Waals surface area (Å²) in [5.41, 5.74) is 2.41. The predicted molar refractivity (Wildman–Crippen MR) is 126 cm³/mol. The van der Waals surface area contributed by atoms with Crippen molar-refractivity contribution in [2.45, 2.75) is 72.5 Å². The van der Waals surface area contributed by atoms with Gasteiger partial charge in [-0.2, -0.15) is 0 Å². The van der Waals surface area contributed by atoms with Gasteiger partial charge in [-0.05, 0) is 79.1 Å². The van der Waals surface area contributed by atoms with Gasteiger partial charge < -0.3 is 10.1 Å². The molecular formula is C24H36N6O2. The minimum atomic E-state index is -0.272. The topological polar surface area (TPSA) is 99.9 Å². The number of fused-ring (bicyclic) bond motifs is 1. The Balaban J connectivity index is 2.04. The lowest BCUT2D eigenvalue weighted by Crippen LogP contribution is -2.38. The second kappa shape index (κ2) is 9.92. The average Bonchev–Trinajstić information content (AvgIpc) is 3.21. The van der Waals surface area contributed by atoms with Gasteiger partial charge in [-0.3, -0.25) is 9.69 Å². The summed E-state index contributed by atoms with van der Waals surface area (Å²) in [4.78, 5) is 18.2. The van der Waals surface area contributed by atoms with Gasteiger partial charge >= 0.3 is 0 Å². The van der Waals surface area contributed by atoms with Crippen LogP contribution in [0.4, 0.5) is 0 Å². The molecule has 0 fully saturated rings. The Morgan fingerprint density at radius 3 is 2.59 bits per heavy atom. The highest BCUT2D eigenvalue weighted by Crippen LogP contribution is 2.31. The molecule has 0 aliphatic carbocycles. The standard InChI is InChI=1S/C24H36N6O2/c1-7-17-9-10-20-18(13-17)14-19(23(32)25-20)15-29(11-8-12-31)21(16(2)3)22-26-27-28-30(22)24(4,5)6/h9-10,13-14,16,21,31H,7-8,11-12,15H2,1-6H3,(H,25,32)/t21-/m0/s1. The summed E-state index contributed by atoms with van der Waals surface area (Å²) in [5.74, 6) is 0.975. The third-order valence-corrected chi connectivity index (χ3v) is 5.79. The number of aliphatic hydroxyl groups is 1. The average molecular weight is 441 g/mol. The van der Waals surface area contributed by atoms with E-state index in [0.717, 1.165) is 23.1 Å². The van der Waals surface area contributed by atoms with E-state index in [1.54, 1.807) is 0 Å². The van der Waals surface area contributed by atoms with Crippen LogP contribution >= 0.6 is 0 Å². The minimum Gasteiger partial charge on any atom is -0.396 e. The van der Waals surface area contributed by atoms with Crippen molar-refractivity contribution in [2.24, 2.45) is 5.92 Å². The Kier molecular flexibility index (Phi) is 7.46. The fourth-order valence-corrected chi connectivity index (χ4v) is 4.19. The highest BCUT2D eigenvalue weighted by molar-refractivity contribution is 5.79. The van der Waals surface area contributed by atoms with E-state index >= 15 is 0 Å². The second-order valence-corrected chi connectivity index (χ2v) is 9.76. The van der Waals surface area contributed by atoms with Crippen LogP contribution < -0.4 is 5.56 Å². The van der Waals surface area contributed by atoms with Crippen molar-refractivity contribution < 1.29 is 5.11 Å². The Bertz CT molecular complexity index is 1100. The molecule has 0 aliphatic heterocycles. The summed E-state index contributed by atoms with van der Waals surface area (Å²) >= 11 is 0. The molecule has 0 spiro atoms. The van der Waals surface area contributed by atoms with E-state index in [1.165, 1.54) is 5.56 Å². The van der Waals surface area contributed by atoms with Crippen LogP contribution in [-0.4, -0.2) is 48.3 Å². The molecule has 0 amide bonds. The molecule has 2 aromatic heterocycles. The van der Waals surface area contributed by atoms with Crippen LogP contribution in [0.25, 0.3) is 10.9 Å². The molecular weight excluding hydrogens is 404 g/mol. The van der Waals surface area contributed by atoms with Gasteiger partial charge in [-0.15, -0.1) is 5.10 Å². The summed E-state index contributed by atoms with van der Waals surface area (Å²) < 4.78 is 1.86. The third-order valence-electron chi connectivity index (χ3n) is 5.79. The van der Waals surface area contributed by atoms with Crippen molar-refractivity contribution >= 4 is 10.9 Å². The van der Waals surface area contributed by atoms with Gasteiger partial charge in [0, 0.05) is 30.8 Å². The summed E-state index contributed by atoms with van der Waals surface area (Å²) in [6.45, 7) is 13.8. The van der Waals surface area contributed by atoms with Gasteiger partial charge in [0.25, 0.3) is 5.56 Å². The molecule has 0 bridgehead atoms. The number of tetrazole rings is 1. The quantitative estimate of drug-likeness (QED) is 0.529. The van der Waals surface area contributed by atoms with E-state index < -0.39 is 0 Å². The number of benzene rings is 1. The molecule has 3 rings (SSSR count). The number of nitrogens with one attached hydrogen (secondary N) is 1. The van der Waals surface area contributed by atoms with Crippen LogP contribution in [0, 0.1) is 5.92 Å². The van der Waals surface area contributed by atoms with Crippen molar-refractivity contribution in [3.63, 3.8) is 0 Å². The first-order chi connectivity index (χ1) is 15.2. The summed E-state index contributed by atoms with van der Waals surface area (Å²) in [5, 5.41) is 23.1. The molecule has 8 nitrogen and oxygen atoms in total. The fourth-order valence-electron chi connectivity index (χ4n) is 4.19. The first kappa shape index (κ1) is 24.1. The van der Waals surface area contributed by atoms with Crippen LogP contribution in [-0.2, 0) is 18.5 Å². The molecule has 0 saturated heterocycles. The minimum absolute atomic E-state index is 0.0828. The van der Waals surface area contributed by atoms with Gasteiger partial charge in [-0.1, -0.05) is 26.8 Å². The molecule has 174 valence electrons. The van der Waals surface area contributed by atoms with Gasteiger partial charge in [0.2, 0.25) is 0 Å². The Hall–Kier alpha value is -2.58. The van der Waals surface area contributed by atoms with Gasteiger partial charge in [-0.25, -0.2) is 4.68 Å². The number of nitrogens with zero attached hydrogens (tertiary/aromatic N) is 5. The lowest BCUT2D eigenvalue weighted by atomic mass is 9.98. The van der Waals surface area contributed by atoms with Crippen LogP contribution in [0.2, 0.25) is 0 Å². The van der Waals surface area contributed by atoms with Crippen LogP contribution in [0.5, 0.6) is 0 Å². The number of hydrogen-bond acceptors (Lipinski definition) is 6. The SMILES string of the molecule is CCc1ccc2[nH]c(=O)c(CN(CCCO)[C@H](c3nnnn3C(C)(C)C)C(C)C)cc2c1.